The third kappa shape index (κ3) is 2.09. The van der Waals surface area contributed by atoms with Crippen LogP contribution in [0.5, 0.6) is 0 Å². The van der Waals surface area contributed by atoms with Gasteiger partial charge < -0.3 is 5.73 Å². The average molecular weight is 196 g/mol. The average Bonchev–Trinajstić information content (AvgIpc) is 2.70. The van der Waals surface area contributed by atoms with Gasteiger partial charge in [0.1, 0.15) is 0 Å². The Morgan fingerprint density at radius 1 is 1.46 bits per heavy atom. The number of rotatable bonds is 3. The molecule has 1 fully saturated rings. The zero-order valence-corrected chi connectivity index (χ0v) is 8.65. The number of nitrogens with two attached hydrogens (primary N) is 1. The Balaban J connectivity index is 2.03. The summed E-state index contributed by atoms with van der Waals surface area (Å²) in [5.41, 5.74) is 6.83. The summed E-state index contributed by atoms with van der Waals surface area (Å²) in [6.45, 7) is 0.742. The van der Waals surface area contributed by atoms with Crippen molar-refractivity contribution in [2.75, 3.05) is 6.54 Å². The molecule has 0 saturated heterocycles. The molecule has 2 rings (SSSR count). The van der Waals surface area contributed by atoms with E-state index in [2.05, 4.69) is 10.4 Å². The van der Waals surface area contributed by atoms with Crippen LogP contribution in [0.3, 0.4) is 0 Å². The Labute approximate surface area is 83.3 Å². The van der Waals surface area contributed by atoms with E-state index in [0.717, 1.165) is 18.9 Å². The highest BCUT2D eigenvalue weighted by molar-refractivity contribution is 7.05. The molecule has 72 valence electrons. The summed E-state index contributed by atoms with van der Waals surface area (Å²) in [7, 11) is 0. The highest BCUT2D eigenvalue weighted by Gasteiger charge is 2.19. The largest absolute Gasteiger partial charge is 0.330 e. The molecule has 0 aromatic carbocycles. The summed E-state index contributed by atoms with van der Waals surface area (Å²) in [5.74, 6) is 0.753. The van der Waals surface area contributed by atoms with Gasteiger partial charge in [0.15, 0.2) is 0 Å². The molecule has 1 heterocycles. The van der Waals surface area contributed by atoms with Gasteiger partial charge in [0.2, 0.25) is 0 Å². The van der Waals surface area contributed by atoms with E-state index in [0.29, 0.717) is 0 Å². The zero-order chi connectivity index (χ0) is 9.10. The highest BCUT2D eigenvalue weighted by Crippen LogP contribution is 2.34. The first-order valence-corrected chi connectivity index (χ1v) is 5.83. The van der Waals surface area contributed by atoms with E-state index in [1.54, 1.807) is 11.5 Å². The lowest BCUT2D eigenvalue weighted by molar-refractivity contribution is 0.706. The van der Waals surface area contributed by atoms with Gasteiger partial charge in [-0.2, -0.15) is 4.37 Å². The summed E-state index contributed by atoms with van der Waals surface area (Å²) in [6.07, 6.45) is 6.44. The van der Waals surface area contributed by atoms with Gasteiger partial charge in [-0.1, -0.05) is 12.8 Å². The maximum absolute atomic E-state index is 5.50. The number of hydrogen-bond acceptors (Lipinski definition) is 3. The molecule has 0 radical (unpaired) electrons. The van der Waals surface area contributed by atoms with Gasteiger partial charge in [-0.15, -0.1) is 0 Å². The second-order valence-corrected chi connectivity index (χ2v) is 4.63. The second-order valence-electron chi connectivity index (χ2n) is 3.74. The lowest BCUT2D eigenvalue weighted by Crippen LogP contribution is -2.00. The molecule has 0 bridgehead atoms. The topological polar surface area (TPSA) is 38.9 Å². The molecule has 2 N–H and O–H groups in total. The lowest BCUT2D eigenvalue weighted by Gasteiger charge is -2.02. The Morgan fingerprint density at radius 3 is 2.92 bits per heavy atom. The van der Waals surface area contributed by atoms with Crippen molar-refractivity contribution in [3.05, 3.63) is 16.6 Å². The van der Waals surface area contributed by atoms with Crippen molar-refractivity contribution in [2.24, 2.45) is 5.73 Å². The minimum atomic E-state index is 0.742. The molecule has 0 unspecified atom stereocenters. The maximum atomic E-state index is 5.50. The zero-order valence-electron chi connectivity index (χ0n) is 7.83. The highest BCUT2D eigenvalue weighted by atomic mass is 32.1. The van der Waals surface area contributed by atoms with Crippen LogP contribution in [0.15, 0.2) is 6.07 Å². The Morgan fingerprint density at radius 2 is 2.23 bits per heavy atom. The molecule has 2 nitrogen and oxygen atoms in total. The van der Waals surface area contributed by atoms with Gasteiger partial charge in [-0.25, -0.2) is 0 Å². The Hall–Kier alpha value is -0.410. The minimum Gasteiger partial charge on any atom is -0.330 e. The van der Waals surface area contributed by atoms with E-state index >= 15 is 0 Å². The molecule has 0 atom stereocenters. The predicted molar refractivity (Wildman–Crippen MR) is 56.1 cm³/mol. The molecular formula is C10H16N2S. The van der Waals surface area contributed by atoms with Gasteiger partial charge in [-0.3, -0.25) is 0 Å². The normalized spacial score (nSPS) is 18.2. The van der Waals surface area contributed by atoms with Crippen molar-refractivity contribution in [3.63, 3.8) is 0 Å². The number of aromatic nitrogens is 1. The molecule has 0 spiro atoms. The first kappa shape index (κ1) is 9.16. The standard InChI is InChI=1S/C10H16N2S/c11-6-5-9-7-10(12-13-9)8-3-1-2-4-8/h7-8H,1-6,11H2. The van der Waals surface area contributed by atoms with E-state index in [-0.39, 0.29) is 0 Å². The third-order valence-corrected chi connectivity index (χ3v) is 3.60. The van der Waals surface area contributed by atoms with Crippen LogP contribution in [0.4, 0.5) is 0 Å². The minimum absolute atomic E-state index is 0.742. The molecule has 0 aliphatic heterocycles. The third-order valence-electron chi connectivity index (χ3n) is 2.74. The summed E-state index contributed by atoms with van der Waals surface area (Å²) in [6, 6.07) is 2.26. The van der Waals surface area contributed by atoms with Crippen molar-refractivity contribution >= 4 is 11.5 Å². The Bertz CT molecular complexity index is 264. The Kier molecular flexibility index (Phi) is 2.96. The van der Waals surface area contributed by atoms with Crippen molar-refractivity contribution < 1.29 is 0 Å². The van der Waals surface area contributed by atoms with E-state index in [1.807, 2.05) is 0 Å². The van der Waals surface area contributed by atoms with Gasteiger partial charge >= 0.3 is 0 Å². The van der Waals surface area contributed by atoms with E-state index in [4.69, 9.17) is 5.73 Å². The summed E-state index contributed by atoms with van der Waals surface area (Å²) in [5, 5.41) is 0. The van der Waals surface area contributed by atoms with Crippen molar-refractivity contribution in [2.45, 2.75) is 38.0 Å². The van der Waals surface area contributed by atoms with Crippen molar-refractivity contribution in [3.8, 4) is 0 Å². The second kappa shape index (κ2) is 4.20. The number of nitrogens with zero attached hydrogens (tertiary/aromatic N) is 1. The van der Waals surface area contributed by atoms with Crippen LogP contribution in [0.25, 0.3) is 0 Å². The van der Waals surface area contributed by atoms with E-state index in [9.17, 15) is 0 Å². The monoisotopic (exact) mass is 196 g/mol. The van der Waals surface area contributed by atoms with Crippen molar-refractivity contribution in [1.82, 2.24) is 4.37 Å². The molecule has 13 heavy (non-hydrogen) atoms. The lowest BCUT2D eigenvalue weighted by atomic mass is 10.0. The van der Waals surface area contributed by atoms with Gasteiger partial charge in [-0.05, 0) is 43.4 Å². The summed E-state index contributed by atoms with van der Waals surface area (Å²) >= 11 is 1.63. The first-order valence-electron chi connectivity index (χ1n) is 5.05. The molecule has 1 aliphatic carbocycles. The predicted octanol–water partition coefficient (Wildman–Crippen LogP) is 2.30. The van der Waals surface area contributed by atoms with Crippen LogP contribution in [-0.2, 0) is 6.42 Å². The SMILES string of the molecule is NCCc1cc(C2CCCC2)ns1. The summed E-state index contributed by atoms with van der Waals surface area (Å²) < 4.78 is 4.50. The molecule has 1 aliphatic rings. The molecule has 3 heteroatoms. The molecule has 1 saturated carbocycles. The van der Waals surface area contributed by atoms with E-state index < -0.39 is 0 Å². The van der Waals surface area contributed by atoms with E-state index in [1.165, 1.54) is 36.3 Å². The molecule has 0 amide bonds. The molecule has 1 aromatic rings. The fraction of sp³-hybridized carbons (Fsp3) is 0.700. The molecule has 1 aromatic heterocycles. The van der Waals surface area contributed by atoms with Gasteiger partial charge in [0.25, 0.3) is 0 Å². The van der Waals surface area contributed by atoms with Crippen LogP contribution >= 0.6 is 11.5 Å². The smallest absolute Gasteiger partial charge is 0.0575 e. The van der Waals surface area contributed by atoms with Crippen LogP contribution in [0.2, 0.25) is 0 Å². The first-order chi connectivity index (χ1) is 6.40. The fourth-order valence-corrected chi connectivity index (χ4v) is 2.81. The number of hydrogen-bond donors (Lipinski definition) is 1. The maximum Gasteiger partial charge on any atom is 0.0575 e. The van der Waals surface area contributed by atoms with Crippen molar-refractivity contribution in [1.29, 1.82) is 0 Å². The quantitative estimate of drug-likeness (QED) is 0.805. The van der Waals surface area contributed by atoms with Crippen LogP contribution in [-0.4, -0.2) is 10.9 Å². The van der Waals surface area contributed by atoms with Gasteiger partial charge in [0.05, 0.1) is 5.69 Å². The van der Waals surface area contributed by atoms with Crippen LogP contribution in [0, 0.1) is 0 Å². The summed E-state index contributed by atoms with van der Waals surface area (Å²) in [4.78, 5) is 1.35. The van der Waals surface area contributed by atoms with Crippen LogP contribution in [0.1, 0.15) is 42.2 Å². The van der Waals surface area contributed by atoms with Gasteiger partial charge in [0, 0.05) is 10.8 Å². The van der Waals surface area contributed by atoms with Crippen LogP contribution < -0.4 is 5.73 Å². The molecular weight excluding hydrogens is 180 g/mol. The fourth-order valence-electron chi connectivity index (χ4n) is 2.00.